The Hall–Kier alpha value is -1.46. The van der Waals surface area contributed by atoms with Gasteiger partial charge in [-0.2, -0.15) is 13.2 Å². The molecule has 1 nitrogen and oxygen atoms in total. The van der Waals surface area contributed by atoms with Crippen molar-refractivity contribution >= 4 is 12.6 Å². The van der Waals surface area contributed by atoms with Gasteiger partial charge in [0.15, 0.2) is 0 Å². The van der Waals surface area contributed by atoms with Crippen molar-refractivity contribution in [3.05, 3.63) is 65.7 Å². The number of hydrogen-bond acceptors (Lipinski definition) is 1. The number of benzene rings is 2. The van der Waals surface area contributed by atoms with Gasteiger partial charge in [-0.25, -0.2) is 0 Å². The van der Waals surface area contributed by atoms with Gasteiger partial charge in [0, 0.05) is 6.54 Å². The van der Waals surface area contributed by atoms with Gasteiger partial charge >= 0.3 is 6.18 Å². The molecule has 0 saturated heterocycles. The van der Waals surface area contributed by atoms with Crippen molar-refractivity contribution in [1.82, 2.24) is 0 Å². The highest BCUT2D eigenvalue weighted by atomic mass is 32.1. The van der Waals surface area contributed by atoms with Crippen LogP contribution in [-0.2, 0) is 25.3 Å². The minimum absolute atomic E-state index is 0.602. The third-order valence-corrected chi connectivity index (χ3v) is 2.62. The molecule has 2 N–H and O–H groups in total. The molecular formula is C14H15F3NS+. The van der Waals surface area contributed by atoms with Crippen LogP contribution in [0.2, 0.25) is 0 Å². The van der Waals surface area contributed by atoms with Crippen LogP contribution >= 0.6 is 0 Å². The van der Waals surface area contributed by atoms with Crippen LogP contribution in [0.3, 0.4) is 0 Å². The van der Waals surface area contributed by atoms with Crippen LogP contribution in [0.5, 0.6) is 0 Å². The lowest BCUT2D eigenvalue weighted by Crippen LogP contribution is -2.03. The van der Waals surface area contributed by atoms with Crippen molar-refractivity contribution in [1.29, 1.82) is 0 Å². The summed E-state index contributed by atoms with van der Waals surface area (Å²) in [6.45, 7) is 0.618. The van der Waals surface area contributed by atoms with Crippen molar-refractivity contribution < 1.29 is 13.2 Å². The molecule has 0 radical (unpaired) electrons. The summed E-state index contributed by atoms with van der Waals surface area (Å²) in [5, 5.41) is 0. The van der Waals surface area contributed by atoms with E-state index in [4.69, 9.17) is 5.73 Å². The average molecular weight is 286 g/mol. The number of nitrogens with two attached hydrogens (primary N) is 1. The molecule has 19 heavy (non-hydrogen) atoms. The molecule has 102 valence electrons. The van der Waals surface area contributed by atoms with Gasteiger partial charge in [-0.15, -0.1) is 0 Å². The van der Waals surface area contributed by atoms with E-state index in [1.54, 1.807) is 6.07 Å². The van der Waals surface area contributed by atoms with Crippen molar-refractivity contribution in [2.45, 2.75) is 17.6 Å². The molecule has 2 aromatic carbocycles. The molecular weight excluding hydrogens is 271 g/mol. The normalized spacial score (nSPS) is 10.6. The predicted molar refractivity (Wildman–Crippen MR) is 74.2 cm³/mol. The van der Waals surface area contributed by atoms with Gasteiger partial charge in [0.05, 0.1) is 5.56 Å². The molecule has 0 aliphatic rings. The second-order valence-corrected chi connectivity index (χ2v) is 4.34. The molecule has 5 heteroatoms. The Kier molecular flexibility index (Phi) is 5.92. The molecule has 2 aromatic rings. The summed E-state index contributed by atoms with van der Waals surface area (Å²) in [5.41, 5.74) is 5.95. The van der Waals surface area contributed by atoms with Gasteiger partial charge in [0.25, 0.3) is 0 Å². The van der Waals surface area contributed by atoms with E-state index >= 15 is 0 Å². The summed E-state index contributed by atoms with van der Waals surface area (Å²) in [4.78, 5) is 1.09. The van der Waals surface area contributed by atoms with Gasteiger partial charge in [0.1, 0.15) is 4.90 Å². The van der Waals surface area contributed by atoms with Crippen molar-refractivity contribution in [2.24, 2.45) is 5.73 Å². The lowest BCUT2D eigenvalue weighted by atomic mass is 10.2. The molecule has 0 unspecified atom stereocenters. The first kappa shape index (κ1) is 15.6. The molecule has 0 saturated carbocycles. The van der Waals surface area contributed by atoms with E-state index in [0.717, 1.165) is 22.6 Å². The lowest BCUT2D eigenvalue weighted by Gasteiger charge is -2.03. The maximum absolute atomic E-state index is 11.8. The zero-order chi connectivity index (χ0) is 14.3. The van der Waals surface area contributed by atoms with E-state index in [9.17, 15) is 13.2 Å². The minimum atomic E-state index is -4.21. The molecule has 0 atom stereocenters. The third kappa shape index (κ3) is 5.81. The largest absolute Gasteiger partial charge is 0.416 e. The molecule has 0 aliphatic carbocycles. The Morgan fingerprint density at radius 1 is 0.895 bits per heavy atom. The van der Waals surface area contributed by atoms with Crippen LogP contribution < -0.4 is 5.73 Å². The highest BCUT2D eigenvalue weighted by Crippen LogP contribution is 2.28. The van der Waals surface area contributed by atoms with Crippen LogP contribution in [0.1, 0.15) is 11.1 Å². The second kappa shape index (κ2) is 7.21. The van der Waals surface area contributed by atoms with E-state index in [0.29, 0.717) is 6.54 Å². The van der Waals surface area contributed by atoms with Crippen molar-refractivity contribution in [3.63, 3.8) is 0 Å². The predicted octanol–water partition coefficient (Wildman–Crippen LogP) is 3.22. The van der Waals surface area contributed by atoms with Crippen molar-refractivity contribution in [2.75, 3.05) is 0 Å². The average Bonchev–Trinajstić information content (AvgIpc) is 2.40. The van der Waals surface area contributed by atoms with Crippen LogP contribution in [0.25, 0.3) is 0 Å². The minimum Gasteiger partial charge on any atom is -0.326 e. The molecule has 0 aliphatic heterocycles. The molecule has 0 spiro atoms. The zero-order valence-corrected chi connectivity index (χ0v) is 11.1. The fourth-order valence-corrected chi connectivity index (χ4v) is 1.43. The summed E-state index contributed by atoms with van der Waals surface area (Å²) in [6, 6.07) is 14.3. The Morgan fingerprint density at radius 3 is 1.79 bits per heavy atom. The summed E-state index contributed by atoms with van der Waals surface area (Å²) >= 11 is 3.38. The Morgan fingerprint density at radius 2 is 1.42 bits per heavy atom. The van der Waals surface area contributed by atoms with E-state index < -0.39 is 11.7 Å². The van der Waals surface area contributed by atoms with Gasteiger partial charge in [-0.3, -0.25) is 0 Å². The molecule has 0 fully saturated rings. The van der Waals surface area contributed by atoms with Gasteiger partial charge in [-0.1, -0.05) is 42.5 Å². The maximum atomic E-state index is 11.8. The number of hydrogen-bond donors (Lipinski definition) is 1. The van der Waals surface area contributed by atoms with E-state index in [-0.39, 0.29) is 0 Å². The lowest BCUT2D eigenvalue weighted by molar-refractivity contribution is -0.137. The van der Waals surface area contributed by atoms with E-state index in [2.05, 4.69) is 12.6 Å². The summed E-state index contributed by atoms with van der Waals surface area (Å²) in [5.74, 6) is 0. The monoisotopic (exact) mass is 286 g/mol. The van der Waals surface area contributed by atoms with Crippen LogP contribution in [0, 0.1) is 0 Å². The summed E-state index contributed by atoms with van der Waals surface area (Å²) in [7, 11) is 0. The number of alkyl halides is 3. The molecule has 0 aromatic heterocycles. The van der Waals surface area contributed by atoms with E-state index in [1.807, 2.05) is 24.3 Å². The smallest absolute Gasteiger partial charge is 0.326 e. The van der Waals surface area contributed by atoms with Crippen LogP contribution in [0.15, 0.2) is 59.5 Å². The molecule has 0 heterocycles. The first-order valence-electron chi connectivity index (χ1n) is 5.56. The van der Waals surface area contributed by atoms with Crippen LogP contribution in [-0.4, -0.2) is 0 Å². The quantitative estimate of drug-likeness (QED) is 0.800. The first-order valence-corrected chi connectivity index (χ1v) is 6.06. The topological polar surface area (TPSA) is 26.0 Å². The fourth-order valence-electron chi connectivity index (χ4n) is 1.27. The summed E-state index contributed by atoms with van der Waals surface area (Å²) < 4.78 is 35.4. The SMILES string of the molecule is FC(F)(F)c1ccccc1.NCc1ccc([SH2+])cc1. The number of halogens is 3. The van der Waals surface area contributed by atoms with Gasteiger partial charge in [-0.05, 0) is 30.3 Å². The first-order chi connectivity index (χ1) is 8.93. The molecule has 2 rings (SSSR count). The number of rotatable bonds is 1. The highest BCUT2D eigenvalue weighted by Gasteiger charge is 2.29. The second-order valence-electron chi connectivity index (χ2n) is 3.76. The Balaban J connectivity index is 0.000000191. The summed E-state index contributed by atoms with van der Waals surface area (Å²) in [6.07, 6.45) is -4.21. The molecule has 0 amide bonds. The van der Waals surface area contributed by atoms with E-state index in [1.165, 1.54) is 12.1 Å². The zero-order valence-electron chi connectivity index (χ0n) is 10.1. The standard InChI is InChI=1S/C7H5F3.C7H9NS/c8-7(9,10)6-4-2-1-3-5-6;8-5-6-1-3-7(9)4-2-6/h1-5H;1-4,9H,5,8H2/p+1. The molecule has 0 bridgehead atoms. The van der Waals surface area contributed by atoms with Gasteiger partial charge in [0.2, 0.25) is 0 Å². The maximum Gasteiger partial charge on any atom is 0.416 e. The Labute approximate surface area is 115 Å². The Bertz CT molecular complexity index is 480. The van der Waals surface area contributed by atoms with Crippen molar-refractivity contribution in [3.8, 4) is 0 Å². The van der Waals surface area contributed by atoms with Gasteiger partial charge < -0.3 is 5.73 Å². The highest BCUT2D eigenvalue weighted by molar-refractivity contribution is 7.58. The van der Waals surface area contributed by atoms with Crippen LogP contribution in [0.4, 0.5) is 13.2 Å². The fraction of sp³-hybridized carbons (Fsp3) is 0.143. The third-order valence-electron chi connectivity index (χ3n) is 2.29.